The summed E-state index contributed by atoms with van der Waals surface area (Å²) in [5.41, 5.74) is 0. The van der Waals surface area contributed by atoms with Gasteiger partial charge in [0.2, 0.25) is 0 Å². The molecule has 2 nitrogen and oxygen atoms in total. The molecule has 0 spiro atoms. The van der Waals surface area contributed by atoms with E-state index in [4.69, 9.17) is 0 Å². The van der Waals surface area contributed by atoms with Crippen LogP contribution in [0.4, 0.5) is 0 Å². The maximum absolute atomic E-state index is 2.34. The Labute approximate surface area is 117 Å². The van der Waals surface area contributed by atoms with Crippen LogP contribution in [-0.2, 0) is 0 Å². The molecule has 2 unspecified atom stereocenters. The summed E-state index contributed by atoms with van der Waals surface area (Å²) in [6.07, 6.45) is 5.66. The van der Waals surface area contributed by atoms with Gasteiger partial charge in [0.05, 0.1) is 0 Å². The molecule has 0 saturated carbocycles. The molecule has 3 heteroatoms. The van der Waals surface area contributed by atoms with Gasteiger partial charge in [0.15, 0.2) is 0 Å². The Bertz CT molecular complexity index is 153. The fraction of sp³-hybridized carbons (Fsp3) is 1.00. The van der Waals surface area contributed by atoms with Crippen LogP contribution in [0.5, 0.6) is 0 Å². The predicted molar refractivity (Wildman–Crippen MR) is 77.1 cm³/mol. The second-order valence-corrected chi connectivity index (χ2v) is 10.5. The van der Waals surface area contributed by atoms with Crippen LogP contribution in [0.25, 0.3) is 0 Å². The molecule has 0 heterocycles. The zero-order valence-electron chi connectivity index (χ0n) is 12.5. The molecule has 0 saturated heterocycles. The van der Waals surface area contributed by atoms with E-state index in [1.54, 1.807) is 0 Å². The van der Waals surface area contributed by atoms with Crippen molar-refractivity contribution >= 4 is 24.4 Å². The van der Waals surface area contributed by atoms with Gasteiger partial charge in [-0.3, -0.25) is 0 Å². The first kappa shape index (κ1) is 16.8. The first-order valence-electron chi connectivity index (χ1n) is 6.67. The molecule has 0 fully saturated rings. The van der Waals surface area contributed by atoms with Crippen molar-refractivity contribution in [2.45, 2.75) is 55.3 Å². The van der Waals surface area contributed by atoms with Gasteiger partial charge in [0, 0.05) is 0 Å². The summed E-state index contributed by atoms with van der Waals surface area (Å²) in [4.78, 5) is 4.68. The zero-order chi connectivity index (χ0) is 12.7. The first-order valence-corrected chi connectivity index (χ1v) is 9.97. The molecule has 0 aromatic carbocycles. The molecule has 0 N–H and O–H groups in total. The molecule has 2 atom stereocenters. The molecular weight excluding hydrogens is 299 g/mol. The van der Waals surface area contributed by atoms with Crippen molar-refractivity contribution < 1.29 is 0 Å². The molecule has 0 aliphatic carbocycles. The average molecular weight is 330 g/mol. The second-order valence-electron chi connectivity index (χ2n) is 5.89. The third-order valence-corrected chi connectivity index (χ3v) is 7.21. The first-order chi connectivity index (χ1) is 7.34. The number of hydrogen-bond acceptors (Lipinski definition) is 2. The minimum atomic E-state index is 0.750. The Kier molecular flexibility index (Phi) is 9.25. The van der Waals surface area contributed by atoms with Crippen molar-refractivity contribution in [3.8, 4) is 0 Å². The van der Waals surface area contributed by atoms with E-state index in [-0.39, 0.29) is 0 Å². The molecule has 0 bridgehead atoms. The van der Waals surface area contributed by atoms with Crippen molar-refractivity contribution in [1.29, 1.82) is 0 Å². The quantitative estimate of drug-likeness (QED) is 0.670. The Morgan fingerprint density at radius 1 is 0.750 bits per heavy atom. The summed E-state index contributed by atoms with van der Waals surface area (Å²) in [5.74, 6) is 0. The predicted octanol–water partition coefficient (Wildman–Crippen LogP) is 1.87. The second kappa shape index (κ2) is 8.82. The van der Waals surface area contributed by atoms with Gasteiger partial charge in [-0.25, -0.2) is 0 Å². The molecule has 0 aromatic heterocycles. The van der Waals surface area contributed by atoms with E-state index in [9.17, 15) is 0 Å². The minimum absolute atomic E-state index is 0.750. The Morgan fingerprint density at radius 2 is 1.06 bits per heavy atom. The van der Waals surface area contributed by atoms with Crippen molar-refractivity contribution in [1.82, 2.24) is 9.80 Å². The fourth-order valence-electron chi connectivity index (χ4n) is 1.71. The van der Waals surface area contributed by atoms with E-state index in [1.807, 2.05) is 0 Å². The maximum atomic E-state index is 2.34. The van der Waals surface area contributed by atoms with Crippen molar-refractivity contribution in [2.75, 3.05) is 28.2 Å². The van der Waals surface area contributed by atoms with Crippen LogP contribution in [0.2, 0.25) is 3.67 Å². The molecule has 0 aromatic rings. The van der Waals surface area contributed by atoms with Gasteiger partial charge >= 0.3 is 118 Å². The molecule has 0 rings (SSSR count). The summed E-state index contributed by atoms with van der Waals surface area (Å²) in [6.45, 7) is 4.68. The van der Waals surface area contributed by atoms with Crippen LogP contribution in [-0.4, -0.2) is 74.4 Å². The molecule has 96 valence electrons. The molecule has 0 amide bonds. The van der Waals surface area contributed by atoms with Gasteiger partial charge in [-0.1, -0.05) is 0 Å². The zero-order valence-corrected chi connectivity index (χ0v) is 18.2. The summed E-state index contributed by atoms with van der Waals surface area (Å²) < 4.78 is 1.08. The molecular formula is C13H31InN2. The molecule has 0 aliphatic heterocycles. The van der Waals surface area contributed by atoms with E-state index in [2.05, 4.69) is 51.8 Å². The van der Waals surface area contributed by atoms with Crippen LogP contribution in [0.3, 0.4) is 0 Å². The Morgan fingerprint density at radius 3 is 1.31 bits per heavy atom. The third-order valence-electron chi connectivity index (χ3n) is 3.92. The molecule has 0 radical (unpaired) electrons. The summed E-state index contributed by atoms with van der Waals surface area (Å²) in [5, 5.41) is 0. The van der Waals surface area contributed by atoms with Crippen molar-refractivity contribution in [2.24, 2.45) is 0 Å². The van der Waals surface area contributed by atoms with Crippen LogP contribution in [0.15, 0.2) is 0 Å². The third kappa shape index (κ3) is 7.97. The van der Waals surface area contributed by atoms with Gasteiger partial charge in [-0.2, -0.15) is 0 Å². The van der Waals surface area contributed by atoms with Crippen LogP contribution < -0.4 is 0 Å². The summed E-state index contributed by atoms with van der Waals surface area (Å²) in [6, 6.07) is 1.50. The van der Waals surface area contributed by atoms with Crippen LogP contribution >= 0.6 is 0 Å². The SMILES string of the molecule is CC(CC[CH]([InH2])CCC(C)N(C)C)N(C)C. The number of hydrogen-bond donors (Lipinski definition) is 0. The molecule has 16 heavy (non-hydrogen) atoms. The van der Waals surface area contributed by atoms with Gasteiger partial charge in [0.25, 0.3) is 0 Å². The Balaban J connectivity index is 3.63. The average Bonchev–Trinajstić information content (AvgIpc) is 2.21. The van der Waals surface area contributed by atoms with E-state index in [0.717, 1.165) is 40.1 Å². The Hall–Kier alpha value is 0.790. The van der Waals surface area contributed by atoms with Crippen molar-refractivity contribution in [3.05, 3.63) is 0 Å². The van der Waals surface area contributed by atoms with Crippen LogP contribution in [0.1, 0.15) is 39.5 Å². The summed E-state index contributed by atoms with van der Waals surface area (Å²) in [7, 11) is 8.75. The van der Waals surface area contributed by atoms with Gasteiger partial charge in [-0.05, 0) is 0 Å². The van der Waals surface area contributed by atoms with E-state index in [0.29, 0.717) is 0 Å². The normalized spacial score (nSPS) is 17.8. The topological polar surface area (TPSA) is 6.48 Å². The van der Waals surface area contributed by atoms with Gasteiger partial charge in [0.1, 0.15) is 0 Å². The van der Waals surface area contributed by atoms with Crippen molar-refractivity contribution in [3.63, 3.8) is 0 Å². The van der Waals surface area contributed by atoms with Gasteiger partial charge in [-0.15, -0.1) is 0 Å². The number of nitrogens with zero attached hydrogens (tertiary/aromatic N) is 2. The van der Waals surface area contributed by atoms with Crippen LogP contribution in [0, 0.1) is 0 Å². The standard InChI is InChI=1S/C13H29N2.In.2H/c1-12(14(3)4)10-8-7-9-11-13(2)15(5)6;;;/h7,12-13H,8-11H2,1-6H3;;;. The van der Waals surface area contributed by atoms with E-state index >= 15 is 0 Å². The monoisotopic (exact) mass is 330 g/mol. The summed E-state index contributed by atoms with van der Waals surface area (Å²) >= 11 is 0.823. The van der Waals surface area contributed by atoms with Gasteiger partial charge < -0.3 is 0 Å². The molecule has 0 aliphatic rings. The van der Waals surface area contributed by atoms with E-state index < -0.39 is 0 Å². The number of rotatable bonds is 8. The fourth-order valence-corrected chi connectivity index (χ4v) is 3.61. The van der Waals surface area contributed by atoms with E-state index in [1.165, 1.54) is 25.7 Å².